The van der Waals surface area contributed by atoms with Crippen LogP contribution >= 0.6 is 0 Å². The van der Waals surface area contributed by atoms with Gasteiger partial charge in [0.1, 0.15) is 10.7 Å². The van der Waals surface area contributed by atoms with Crippen molar-refractivity contribution in [3.63, 3.8) is 0 Å². The number of benzene rings is 1. The predicted octanol–water partition coefficient (Wildman–Crippen LogP) is 2.37. The zero-order chi connectivity index (χ0) is 27.1. The molecule has 1 N–H and O–H groups in total. The van der Waals surface area contributed by atoms with Crippen molar-refractivity contribution in [3.8, 4) is 0 Å². The number of allylic oxidation sites excluding steroid dienone is 1. The lowest BCUT2D eigenvalue weighted by molar-refractivity contribution is -0.150. The summed E-state index contributed by atoms with van der Waals surface area (Å²) in [5.41, 5.74) is 0.568. The number of anilines is 1. The minimum Gasteiger partial charge on any atom is -0.469 e. The second-order valence-corrected chi connectivity index (χ2v) is 14.2. The maximum atomic E-state index is 13.6. The van der Waals surface area contributed by atoms with Crippen LogP contribution in [0.4, 0.5) is 5.69 Å². The third-order valence-corrected chi connectivity index (χ3v) is 9.31. The molecule has 1 fully saturated rings. The molecule has 4 unspecified atom stereocenters. The van der Waals surface area contributed by atoms with Gasteiger partial charge in [-0.25, -0.2) is 8.42 Å². The first kappa shape index (κ1) is 27.3. The van der Waals surface area contributed by atoms with Crippen molar-refractivity contribution in [1.82, 2.24) is 4.90 Å². The van der Waals surface area contributed by atoms with Crippen LogP contribution < -0.4 is 5.32 Å². The molecule has 1 aliphatic heterocycles. The van der Waals surface area contributed by atoms with Crippen LogP contribution in [0.15, 0.2) is 39.6 Å². The molecule has 12 heteroatoms. The molecule has 3 aliphatic rings. The topological polar surface area (TPSA) is 139 Å². The maximum absolute atomic E-state index is 13.6. The molecular formula is C25H33N3O7S2. The van der Waals surface area contributed by atoms with Crippen LogP contribution in [-0.4, -0.2) is 65.4 Å². The van der Waals surface area contributed by atoms with E-state index in [1.165, 1.54) is 25.3 Å². The Balaban J connectivity index is 1.59. The first-order valence-corrected chi connectivity index (χ1v) is 15.8. The highest BCUT2D eigenvalue weighted by Crippen LogP contribution is 2.47. The predicted molar refractivity (Wildman–Crippen MR) is 139 cm³/mol. The van der Waals surface area contributed by atoms with Gasteiger partial charge in [0.2, 0.25) is 5.91 Å². The number of ether oxygens (including phenoxy) is 1. The molecule has 4 atom stereocenters. The minimum atomic E-state index is -4.15. The van der Waals surface area contributed by atoms with Gasteiger partial charge in [0.05, 0.1) is 36.9 Å². The largest absolute Gasteiger partial charge is 0.469 e. The molecule has 0 radical (unpaired) electrons. The van der Waals surface area contributed by atoms with E-state index in [2.05, 4.69) is 29.6 Å². The van der Waals surface area contributed by atoms with Crippen molar-refractivity contribution in [3.05, 3.63) is 35.9 Å². The molecule has 4 rings (SSSR count). The van der Waals surface area contributed by atoms with Crippen molar-refractivity contribution < 1.29 is 31.2 Å². The van der Waals surface area contributed by atoms with E-state index in [0.717, 1.165) is 19.1 Å². The molecule has 1 amide bonds. The first-order valence-electron chi connectivity index (χ1n) is 12.3. The Morgan fingerprint density at radius 2 is 1.92 bits per heavy atom. The van der Waals surface area contributed by atoms with Crippen molar-refractivity contribution >= 4 is 43.3 Å². The van der Waals surface area contributed by atoms with Gasteiger partial charge in [-0.05, 0) is 48.3 Å². The van der Waals surface area contributed by atoms with Crippen LogP contribution in [0.5, 0.6) is 0 Å². The van der Waals surface area contributed by atoms with Gasteiger partial charge in [0, 0.05) is 12.8 Å². The Labute approximate surface area is 218 Å². The van der Waals surface area contributed by atoms with E-state index in [9.17, 15) is 26.4 Å². The second-order valence-electron chi connectivity index (χ2n) is 10.5. The number of fused-ring (bicyclic) bond motifs is 3. The Hall–Kier alpha value is -2.73. The molecule has 1 aromatic carbocycles. The van der Waals surface area contributed by atoms with Crippen LogP contribution in [-0.2, 0) is 39.9 Å². The highest BCUT2D eigenvalue weighted by Gasteiger charge is 2.52. The summed E-state index contributed by atoms with van der Waals surface area (Å²) in [6.07, 6.45) is 6.35. The van der Waals surface area contributed by atoms with Crippen LogP contribution in [0, 0.1) is 23.7 Å². The number of nitrogens with one attached hydrogen (secondary N) is 1. The molecule has 10 nitrogen and oxygen atoms in total. The quantitative estimate of drug-likeness (QED) is 0.365. The zero-order valence-corrected chi connectivity index (χ0v) is 23.0. The van der Waals surface area contributed by atoms with Crippen molar-refractivity contribution in [1.29, 1.82) is 0 Å². The van der Waals surface area contributed by atoms with E-state index in [1.54, 1.807) is 4.90 Å². The number of sulfonamides is 1. The summed E-state index contributed by atoms with van der Waals surface area (Å²) < 4.78 is 58.0. The number of nitrogens with zero attached hydrogens (tertiary/aromatic N) is 2. The Morgan fingerprint density at radius 1 is 1.22 bits per heavy atom. The summed E-state index contributed by atoms with van der Waals surface area (Å²) in [6.45, 7) is 4.53. The highest BCUT2D eigenvalue weighted by molar-refractivity contribution is 7.90. The normalized spacial score (nSPS) is 25.4. The van der Waals surface area contributed by atoms with Crippen LogP contribution in [0.3, 0.4) is 0 Å². The first-order chi connectivity index (χ1) is 17.3. The van der Waals surface area contributed by atoms with Crippen molar-refractivity contribution in [2.45, 2.75) is 49.8 Å². The molecular weight excluding hydrogens is 518 g/mol. The fraction of sp³-hybridized carbons (Fsp3) is 0.560. The molecule has 37 heavy (non-hydrogen) atoms. The number of amidine groups is 1. The number of hydrogen-bond donors (Lipinski definition) is 1. The molecule has 0 spiro atoms. The number of carbonyl (C=O) groups is 2. The summed E-state index contributed by atoms with van der Waals surface area (Å²) in [4.78, 5) is 27.9. The lowest BCUT2D eigenvalue weighted by atomic mass is 9.87. The molecule has 0 aromatic heterocycles. The van der Waals surface area contributed by atoms with Gasteiger partial charge in [0.15, 0.2) is 9.84 Å². The van der Waals surface area contributed by atoms with Gasteiger partial charge in [-0.2, -0.15) is 8.42 Å². The molecule has 1 saturated carbocycles. The smallest absolute Gasteiger partial charge is 0.311 e. The lowest BCUT2D eigenvalue weighted by Crippen LogP contribution is -2.50. The van der Waals surface area contributed by atoms with E-state index >= 15 is 0 Å². The number of rotatable bonds is 9. The summed E-state index contributed by atoms with van der Waals surface area (Å²) in [5.74, 6) is -1.09. The molecule has 1 aromatic rings. The second kappa shape index (κ2) is 10.2. The Morgan fingerprint density at radius 3 is 2.57 bits per heavy atom. The van der Waals surface area contributed by atoms with E-state index in [-0.39, 0.29) is 58.3 Å². The number of carbonyl (C=O) groups excluding carboxylic acids is 2. The van der Waals surface area contributed by atoms with Gasteiger partial charge < -0.3 is 15.0 Å². The van der Waals surface area contributed by atoms with Gasteiger partial charge in [-0.3, -0.25) is 9.59 Å². The summed E-state index contributed by atoms with van der Waals surface area (Å²) >= 11 is 0. The zero-order valence-electron chi connectivity index (χ0n) is 21.4. The monoisotopic (exact) mass is 551 g/mol. The molecule has 2 bridgehead atoms. The number of methoxy groups -OCH3 is 1. The molecule has 2 aliphatic carbocycles. The van der Waals surface area contributed by atoms with Gasteiger partial charge in [-0.15, -0.1) is 4.40 Å². The molecule has 202 valence electrons. The number of sulfone groups is 1. The summed E-state index contributed by atoms with van der Waals surface area (Å²) in [5, 5.41) is 2.93. The summed E-state index contributed by atoms with van der Waals surface area (Å²) in [6, 6.07) is 3.94. The highest BCUT2D eigenvalue weighted by atomic mass is 32.2. The average molecular weight is 552 g/mol. The lowest BCUT2D eigenvalue weighted by Gasteiger charge is -2.37. The van der Waals surface area contributed by atoms with Gasteiger partial charge in [0.25, 0.3) is 10.0 Å². The van der Waals surface area contributed by atoms with Crippen molar-refractivity contribution in [2.24, 2.45) is 28.1 Å². The van der Waals surface area contributed by atoms with Crippen LogP contribution in [0.2, 0.25) is 0 Å². The van der Waals surface area contributed by atoms with E-state index in [1.807, 2.05) is 6.08 Å². The van der Waals surface area contributed by atoms with Gasteiger partial charge >= 0.3 is 5.97 Å². The number of hydrogen-bond acceptors (Lipinski definition) is 8. The van der Waals surface area contributed by atoms with Crippen molar-refractivity contribution in [2.75, 3.05) is 25.2 Å². The number of amides is 1. The van der Waals surface area contributed by atoms with E-state index < -0.39 is 25.8 Å². The Kier molecular flexibility index (Phi) is 7.53. The Bertz CT molecular complexity index is 1370. The van der Waals surface area contributed by atoms with E-state index in [4.69, 9.17) is 4.74 Å². The third-order valence-electron chi connectivity index (χ3n) is 7.10. The van der Waals surface area contributed by atoms with Crippen LogP contribution in [0.25, 0.3) is 0 Å². The average Bonchev–Trinajstić information content (AvgIpc) is 3.40. The number of esters is 1. The molecule has 1 heterocycles. The van der Waals surface area contributed by atoms with Gasteiger partial charge in [-0.1, -0.05) is 32.1 Å². The van der Waals surface area contributed by atoms with Crippen LogP contribution in [0.1, 0.15) is 38.7 Å². The molecule has 0 saturated heterocycles. The standard InChI is InChI=1S/C25H33N3O7S2/c1-15(2)9-10-28(24-18-7-6-17(12-18)23(24)25(30)35-3)22(29)13-21-26-19-8-5-16(14-36(4,31)32)11-20(19)37(33,34)27-21/h5-8,11,15,17-18,23-24H,9-10,12-14H2,1-4H3,(H,26,27). The summed E-state index contributed by atoms with van der Waals surface area (Å²) in [7, 11) is -6.15. The maximum Gasteiger partial charge on any atom is 0.311 e. The minimum absolute atomic E-state index is 0.00957. The SMILES string of the molecule is COC(=O)C1C2C=CC(C2)C1N(CCC(C)C)C(=O)CC1=NS(=O)(=O)c2cc(CS(C)(=O)=O)ccc2N1. The van der Waals surface area contributed by atoms with E-state index in [0.29, 0.717) is 18.0 Å². The fourth-order valence-electron chi connectivity index (χ4n) is 5.48. The fourth-order valence-corrected chi connectivity index (χ4v) is 7.46. The third kappa shape index (κ3) is 5.90.